The van der Waals surface area contributed by atoms with Crippen LogP contribution in [-0.2, 0) is 13.1 Å². The Bertz CT molecular complexity index is 1350. The predicted octanol–water partition coefficient (Wildman–Crippen LogP) is 4.43. The van der Waals surface area contributed by atoms with E-state index in [4.69, 9.17) is 4.74 Å². The monoisotopic (exact) mass is 421 g/mol. The molecule has 3 heterocycles. The van der Waals surface area contributed by atoms with E-state index in [1.807, 2.05) is 36.8 Å². The number of rotatable bonds is 0. The van der Waals surface area contributed by atoms with Gasteiger partial charge in [-0.25, -0.2) is 4.98 Å². The van der Waals surface area contributed by atoms with Gasteiger partial charge in [-0.3, -0.25) is 0 Å². The topological polar surface area (TPSA) is 66.1 Å². The molecule has 6 bridgehead atoms. The molecule has 6 heteroatoms. The quantitative estimate of drug-likeness (QED) is 0.455. The summed E-state index contributed by atoms with van der Waals surface area (Å²) in [6.07, 6.45) is 4.90. The van der Waals surface area contributed by atoms with Gasteiger partial charge in [0.15, 0.2) is 0 Å². The maximum Gasteiger partial charge on any atom is 0.145 e. The largest absolute Gasteiger partial charge is 0.456 e. The van der Waals surface area contributed by atoms with Crippen LogP contribution in [0.25, 0.3) is 10.8 Å². The zero-order valence-corrected chi connectivity index (χ0v) is 17.7. The average molecular weight is 422 g/mol. The Balaban J connectivity index is 1.49. The van der Waals surface area contributed by atoms with Gasteiger partial charge in [0.1, 0.15) is 17.6 Å². The fourth-order valence-electron chi connectivity index (χ4n) is 4.77. The van der Waals surface area contributed by atoms with Gasteiger partial charge in [-0.05, 0) is 47.7 Å². The Morgan fingerprint density at radius 2 is 2.09 bits per heavy atom. The third-order valence-corrected chi connectivity index (χ3v) is 6.48. The van der Waals surface area contributed by atoms with Crippen molar-refractivity contribution in [2.75, 3.05) is 18.0 Å². The normalized spacial score (nSPS) is 17.7. The van der Waals surface area contributed by atoms with E-state index in [1.165, 1.54) is 16.5 Å². The standard InChI is InChI=1S/C26H23N5O/c27-12-20-5-4-18-10-26(20)32-23-7-6-19-2-1-3-25(24(19)11-23)30-9-8-21(16-30)29-14-22-13-28-17-31(22)15-18/h1-7,10-11,13,17,21,29H,8-9,14-16H2/t21-/m1/s1. The first-order valence-corrected chi connectivity index (χ1v) is 11.0. The van der Waals surface area contributed by atoms with Crippen LogP contribution >= 0.6 is 0 Å². The highest BCUT2D eigenvalue weighted by atomic mass is 16.5. The van der Waals surface area contributed by atoms with Crippen LogP contribution in [0, 0.1) is 11.3 Å². The predicted molar refractivity (Wildman–Crippen MR) is 124 cm³/mol. The second-order valence-corrected chi connectivity index (χ2v) is 8.53. The first-order chi connectivity index (χ1) is 15.8. The van der Waals surface area contributed by atoms with E-state index in [-0.39, 0.29) is 0 Å². The number of benzene rings is 3. The lowest BCUT2D eigenvalue weighted by Gasteiger charge is -2.22. The second-order valence-electron chi connectivity index (χ2n) is 8.53. The Morgan fingerprint density at radius 1 is 1.12 bits per heavy atom. The number of nitrogens with one attached hydrogen (secondary N) is 1. The Morgan fingerprint density at radius 3 is 3.03 bits per heavy atom. The summed E-state index contributed by atoms with van der Waals surface area (Å²) in [6.45, 7) is 3.44. The molecule has 0 aliphatic carbocycles. The van der Waals surface area contributed by atoms with Crippen LogP contribution in [0.3, 0.4) is 0 Å². The summed E-state index contributed by atoms with van der Waals surface area (Å²) in [5.41, 5.74) is 3.97. The van der Waals surface area contributed by atoms with Crippen molar-refractivity contribution in [1.82, 2.24) is 14.9 Å². The van der Waals surface area contributed by atoms with E-state index >= 15 is 0 Å². The molecule has 0 unspecified atom stereocenters. The van der Waals surface area contributed by atoms with Crippen LogP contribution in [0.15, 0.2) is 67.1 Å². The van der Waals surface area contributed by atoms with Gasteiger partial charge in [-0.15, -0.1) is 0 Å². The lowest BCUT2D eigenvalue weighted by Crippen LogP contribution is -2.32. The average Bonchev–Trinajstić information content (AvgIpc) is 3.46. The van der Waals surface area contributed by atoms with E-state index in [9.17, 15) is 5.26 Å². The molecule has 1 saturated heterocycles. The lowest BCUT2D eigenvalue weighted by molar-refractivity contribution is 0.480. The third kappa shape index (κ3) is 3.37. The number of aromatic nitrogens is 2. The molecule has 1 aromatic heterocycles. The van der Waals surface area contributed by atoms with Crippen molar-refractivity contribution in [3.63, 3.8) is 0 Å². The highest BCUT2D eigenvalue weighted by molar-refractivity contribution is 5.95. The maximum atomic E-state index is 9.63. The first-order valence-electron chi connectivity index (χ1n) is 11.0. The molecule has 6 rings (SSSR count). The summed E-state index contributed by atoms with van der Waals surface area (Å²) in [4.78, 5) is 6.82. The molecule has 1 N–H and O–H groups in total. The molecule has 6 nitrogen and oxygen atoms in total. The number of nitriles is 1. The van der Waals surface area contributed by atoms with Crippen LogP contribution in [0.5, 0.6) is 11.5 Å². The van der Waals surface area contributed by atoms with E-state index < -0.39 is 0 Å². The molecule has 158 valence electrons. The number of fused-ring (bicyclic) bond motifs is 7. The highest BCUT2D eigenvalue weighted by Crippen LogP contribution is 2.34. The van der Waals surface area contributed by atoms with E-state index in [0.29, 0.717) is 23.9 Å². The fourth-order valence-corrected chi connectivity index (χ4v) is 4.77. The molecular formula is C26H23N5O. The van der Waals surface area contributed by atoms with Crippen LogP contribution in [0.1, 0.15) is 23.2 Å². The first kappa shape index (κ1) is 18.9. The molecule has 0 amide bonds. The van der Waals surface area contributed by atoms with Gasteiger partial charge in [-0.2, -0.15) is 5.26 Å². The third-order valence-electron chi connectivity index (χ3n) is 6.48. The summed E-state index contributed by atoms with van der Waals surface area (Å²) in [5, 5.41) is 15.7. The van der Waals surface area contributed by atoms with Crippen LogP contribution in [0.2, 0.25) is 0 Å². The van der Waals surface area contributed by atoms with E-state index in [0.717, 1.165) is 43.1 Å². The van der Waals surface area contributed by atoms with Gasteiger partial charge in [0.2, 0.25) is 0 Å². The Hall–Kier alpha value is -3.82. The van der Waals surface area contributed by atoms with Crippen molar-refractivity contribution in [2.24, 2.45) is 0 Å². The van der Waals surface area contributed by atoms with Crippen molar-refractivity contribution >= 4 is 16.5 Å². The summed E-state index contributed by atoms with van der Waals surface area (Å²) in [6, 6.07) is 21.1. The summed E-state index contributed by atoms with van der Waals surface area (Å²) in [5.74, 6) is 1.32. The van der Waals surface area contributed by atoms with Gasteiger partial charge in [-0.1, -0.05) is 24.3 Å². The van der Waals surface area contributed by atoms with E-state index in [2.05, 4.69) is 56.2 Å². The van der Waals surface area contributed by atoms with Crippen molar-refractivity contribution in [3.8, 4) is 17.6 Å². The van der Waals surface area contributed by atoms with Crippen molar-refractivity contribution in [1.29, 1.82) is 5.26 Å². The Labute approximate surface area is 186 Å². The van der Waals surface area contributed by atoms with Gasteiger partial charge < -0.3 is 19.5 Å². The zero-order chi connectivity index (χ0) is 21.5. The number of hydrogen-bond acceptors (Lipinski definition) is 5. The highest BCUT2D eigenvalue weighted by Gasteiger charge is 2.24. The van der Waals surface area contributed by atoms with Gasteiger partial charge in [0, 0.05) is 49.5 Å². The van der Waals surface area contributed by atoms with Gasteiger partial charge in [0.05, 0.1) is 17.6 Å². The fraction of sp³-hybridized carbons (Fsp3) is 0.231. The molecule has 2 aliphatic heterocycles. The minimum Gasteiger partial charge on any atom is -0.456 e. The molecular weight excluding hydrogens is 398 g/mol. The minimum atomic E-state index is 0.433. The molecule has 0 spiro atoms. The smallest absolute Gasteiger partial charge is 0.145 e. The molecule has 4 aromatic rings. The number of imidazole rings is 1. The Kier molecular flexibility index (Phi) is 4.55. The van der Waals surface area contributed by atoms with Crippen LogP contribution < -0.4 is 15.0 Å². The summed E-state index contributed by atoms with van der Waals surface area (Å²) < 4.78 is 8.42. The lowest BCUT2D eigenvalue weighted by atomic mass is 10.1. The number of nitrogens with zero attached hydrogens (tertiary/aromatic N) is 4. The maximum absolute atomic E-state index is 9.63. The van der Waals surface area contributed by atoms with Crippen molar-refractivity contribution in [3.05, 3.63) is 83.9 Å². The molecule has 3 aromatic carbocycles. The minimum absolute atomic E-state index is 0.433. The molecule has 0 radical (unpaired) electrons. The van der Waals surface area contributed by atoms with Gasteiger partial charge in [0.25, 0.3) is 0 Å². The van der Waals surface area contributed by atoms with Gasteiger partial charge >= 0.3 is 0 Å². The second kappa shape index (κ2) is 7.70. The van der Waals surface area contributed by atoms with E-state index in [1.54, 1.807) is 0 Å². The number of anilines is 1. The summed E-state index contributed by atoms with van der Waals surface area (Å²) >= 11 is 0. The van der Waals surface area contributed by atoms with Crippen molar-refractivity contribution < 1.29 is 4.74 Å². The van der Waals surface area contributed by atoms with Crippen LogP contribution in [0.4, 0.5) is 5.69 Å². The van der Waals surface area contributed by atoms with Crippen molar-refractivity contribution in [2.45, 2.75) is 25.6 Å². The SMILES string of the molecule is N#Cc1ccc2cc1Oc1ccc3cccc(c3c1)N1CC[C@H](C1)NCc1cncn1C2. The number of hydrogen-bond donors (Lipinski definition) is 1. The molecule has 1 atom stereocenters. The molecule has 32 heavy (non-hydrogen) atoms. The molecule has 2 aliphatic rings. The zero-order valence-electron chi connectivity index (χ0n) is 17.7. The number of ether oxygens (including phenoxy) is 1. The summed E-state index contributed by atoms with van der Waals surface area (Å²) in [7, 11) is 0. The van der Waals surface area contributed by atoms with Crippen LogP contribution in [-0.4, -0.2) is 28.7 Å². The molecule has 0 saturated carbocycles. The molecule has 1 fully saturated rings.